The van der Waals surface area contributed by atoms with Crippen molar-refractivity contribution in [3.63, 3.8) is 0 Å². The monoisotopic (exact) mass is 444 g/mol. The van der Waals surface area contributed by atoms with Gasteiger partial charge in [0.1, 0.15) is 5.56 Å². The summed E-state index contributed by atoms with van der Waals surface area (Å²) in [4.78, 5) is 40.6. The van der Waals surface area contributed by atoms with Crippen molar-refractivity contribution in [2.75, 3.05) is 0 Å². The number of thiophene rings is 1. The highest BCUT2D eigenvalue weighted by atomic mass is 35.5. The molecule has 0 radical (unpaired) electrons. The molecular formula is C20H17ClN4O4S. The molecule has 154 valence electrons. The van der Waals surface area contributed by atoms with Gasteiger partial charge in [0.25, 0.3) is 5.56 Å². The Bertz CT molecular complexity index is 1250. The molecule has 1 amide bonds. The third-order valence-electron chi connectivity index (χ3n) is 4.80. The van der Waals surface area contributed by atoms with E-state index in [4.69, 9.17) is 11.6 Å². The number of benzene rings is 1. The summed E-state index contributed by atoms with van der Waals surface area (Å²) < 4.78 is 0.972. The fourth-order valence-corrected chi connectivity index (χ4v) is 4.31. The van der Waals surface area contributed by atoms with Gasteiger partial charge < -0.3 is 5.11 Å². The van der Waals surface area contributed by atoms with E-state index in [1.807, 2.05) is 17.5 Å². The fraction of sp³-hybridized carbons (Fsp3) is 0.200. The second-order valence-corrected chi connectivity index (χ2v) is 8.06. The highest BCUT2D eigenvalue weighted by molar-refractivity contribution is 7.10. The summed E-state index contributed by atoms with van der Waals surface area (Å²) in [6.07, 6.45) is 0.479. The van der Waals surface area contributed by atoms with Gasteiger partial charge in [0.05, 0.1) is 17.4 Å². The molecular weight excluding hydrogens is 428 g/mol. The van der Waals surface area contributed by atoms with Gasteiger partial charge in [0, 0.05) is 22.7 Å². The predicted octanol–water partition coefficient (Wildman–Crippen LogP) is 3.03. The van der Waals surface area contributed by atoms with Crippen molar-refractivity contribution in [3.8, 4) is 11.6 Å². The highest BCUT2D eigenvalue weighted by Crippen LogP contribution is 2.36. The number of hydrogen-bond donors (Lipinski definition) is 2. The normalized spacial score (nSPS) is 16.0. The molecule has 4 rings (SSSR count). The summed E-state index contributed by atoms with van der Waals surface area (Å²) in [5.41, 5.74) is -1.14. The smallest absolute Gasteiger partial charge is 0.335 e. The summed E-state index contributed by atoms with van der Waals surface area (Å²) in [5.74, 6) is -0.745. The van der Waals surface area contributed by atoms with Crippen molar-refractivity contribution in [3.05, 3.63) is 78.1 Å². The van der Waals surface area contributed by atoms with Crippen LogP contribution in [0, 0.1) is 0 Å². The van der Waals surface area contributed by atoms with Crippen LogP contribution in [0.15, 0.2) is 56.5 Å². The molecule has 0 bridgehead atoms. The van der Waals surface area contributed by atoms with Gasteiger partial charge in [-0.05, 0) is 35.7 Å². The van der Waals surface area contributed by atoms with Crippen molar-refractivity contribution >= 4 is 34.6 Å². The van der Waals surface area contributed by atoms with E-state index in [-0.39, 0.29) is 36.1 Å². The van der Waals surface area contributed by atoms with Gasteiger partial charge in [-0.2, -0.15) is 5.10 Å². The van der Waals surface area contributed by atoms with E-state index in [0.717, 1.165) is 9.44 Å². The Hall–Kier alpha value is -3.17. The predicted molar refractivity (Wildman–Crippen MR) is 115 cm³/mol. The van der Waals surface area contributed by atoms with Crippen LogP contribution in [-0.4, -0.2) is 31.3 Å². The second kappa shape index (κ2) is 7.92. The second-order valence-electron chi connectivity index (χ2n) is 6.64. The average molecular weight is 445 g/mol. The Morgan fingerprint density at radius 3 is 2.67 bits per heavy atom. The van der Waals surface area contributed by atoms with E-state index < -0.39 is 17.1 Å². The first-order chi connectivity index (χ1) is 14.4. The first-order valence-corrected chi connectivity index (χ1v) is 10.4. The zero-order valence-electron chi connectivity index (χ0n) is 15.8. The molecule has 10 heteroatoms. The number of hydrazone groups is 1. The Labute approximate surface area is 179 Å². The van der Waals surface area contributed by atoms with Crippen molar-refractivity contribution in [2.24, 2.45) is 5.10 Å². The molecule has 0 saturated carbocycles. The maximum atomic E-state index is 12.6. The molecule has 3 aromatic rings. The minimum absolute atomic E-state index is 0.141. The fourth-order valence-electron chi connectivity index (χ4n) is 3.37. The van der Waals surface area contributed by atoms with Crippen LogP contribution < -0.4 is 11.2 Å². The van der Waals surface area contributed by atoms with Gasteiger partial charge in [0.15, 0.2) is 0 Å². The number of nitrogens with one attached hydrogen (secondary N) is 1. The van der Waals surface area contributed by atoms with E-state index in [0.29, 0.717) is 10.7 Å². The lowest BCUT2D eigenvalue weighted by Gasteiger charge is -2.19. The third-order valence-corrected chi connectivity index (χ3v) is 6.02. The maximum absolute atomic E-state index is 12.6. The number of carbonyl (C=O) groups excluding carboxylic acids is 1. The molecule has 0 unspecified atom stereocenters. The molecule has 2 N–H and O–H groups in total. The Kier molecular flexibility index (Phi) is 5.31. The largest absolute Gasteiger partial charge is 0.493 e. The molecule has 8 nitrogen and oxygen atoms in total. The van der Waals surface area contributed by atoms with Gasteiger partial charge >= 0.3 is 5.69 Å². The maximum Gasteiger partial charge on any atom is 0.335 e. The lowest BCUT2D eigenvalue weighted by Crippen LogP contribution is -2.33. The highest BCUT2D eigenvalue weighted by Gasteiger charge is 2.35. The Morgan fingerprint density at radius 2 is 2.03 bits per heavy atom. The average Bonchev–Trinajstić information content (AvgIpc) is 3.38. The van der Waals surface area contributed by atoms with Crippen molar-refractivity contribution in [1.82, 2.24) is 14.6 Å². The van der Waals surface area contributed by atoms with Crippen molar-refractivity contribution < 1.29 is 9.90 Å². The van der Waals surface area contributed by atoms with Crippen LogP contribution >= 0.6 is 22.9 Å². The number of aromatic nitrogens is 2. The summed E-state index contributed by atoms with van der Waals surface area (Å²) >= 11 is 7.38. The zero-order valence-corrected chi connectivity index (χ0v) is 17.4. The molecule has 1 aliphatic heterocycles. The van der Waals surface area contributed by atoms with Crippen LogP contribution in [0.4, 0.5) is 0 Å². The zero-order chi connectivity index (χ0) is 21.4. The van der Waals surface area contributed by atoms with Crippen LogP contribution in [0.3, 0.4) is 0 Å². The minimum Gasteiger partial charge on any atom is -0.493 e. The van der Waals surface area contributed by atoms with Crippen LogP contribution in [0.1, 0.15) is 36.2 Å². The number of rotatable bonds is 4. The lowest BCUT2D eigenvalue weighted by molar-refractivity contribution is -0.132. The quantitative estimate of drug-likeness (QED) is 0.644. The molecule has 0 saturated heterocycles. The van der Waals surface area contributed by atoms with Gasteiger partial charge in [0.2, 0.25) is 11.8 Å². The number of nitrogens with zero attached hydrogens (tertiary/aromatic N) is 3. The molecule has 30 heavy (non-hydrogen) atoms. The summed E-state index contributed by atoms with van der Waals surface area (Å²) in [6, 6.07) is 9.61. The number of halogens is 1. The lowest BCUT2D eigenvalue weighted by atomic mass is 10.0. The summed E-state index contributed by atoms with van der Waals surface area (Å²) in [7, 11) is 0. The SMILES string of the molecule is CCC(=O)N1N=C(c2c(O)n(-c3ccc(Cl)cc3)c(=O)[nH]c2=O)C[C@@H]1c1cccs1. The first-order valence-electron chi connectivity index (χ1n) is 9.18. The third kappa shape index (κ3) is 3.46. The molecule has 3 heterocycles. The number of hydrogen-bond acceptors (Lipinski definition) is 6. The molecule has 0 aliphatic carbocycles. The van der Waals surface area contributed by atoms with Gasteiger partial charge in [-0.1, -0.05) is 24.6 Å². The number of carbonyl (C=O) groups is 1. The number of H-pyrrole nitrogens is 1. The molecule has 2 aromatic heterocycles. The number of aromatic hydroxyl groups is 1. The van der Waals surface area contributed by atoms with Gasteiger partial charge in [-0.25, -0.2) is 14.4 Å². The van der Waals surface area contributed by atoms with E-state index in [1.54, 1.807) is 31.2 Å². The minimum atomic E-state index is -0.793. The van der Waals surface area contributed by atoms with Crippen LogP contribution in [-0.2, 0) is 4.79 Å². The molecule has 1 aromatic carbocycles. The number of aromatic amines is 1. The summed E-state index contributed by atoms with van der Waals surface area (Å²) in [6.45, 7) is 1.73. The van der Waals surface area contributed by atoms with Crippen LogP contribution in [0.25, 0.3) is 5.69 Å². The molecule has 0 spiro atoms. The Balaban J connectivity index is 1.85. The molecule has 0 fully saturated rings. The van der Waals surface area contributed by atoms with E-state index in [1.165, 1.54) is 16.3 Å². The standard InChI is InChI=1S/C20H17ClN4O4S/c1-2-16(26)25-14(15-4-3-9-30-15)10-13(23-25)17-18(27)22-20(29)24(19(17)28)12-7-5-11(21)6-8-12/h3-9,14,28H,2,10H2,1H3,(H,22,27,29)/t14-/m1/s1. The topological polar surface area (TPSA) is 108 Å². The van der Waals surface area contributed by atoms with Crippen molar-refractivity contribution in [2.45, 2.75) is 25.8 Å². The first kappa shape index (κ1) is 20.1. The summed E-state index contributed by atoms with van der Waals surface area (Å²) in [5, 5.41) is 18.9. The van der Waals surface area contributed by atoms with E-state index >= 15 is 0 Å². The van der Waals surface area contributed by atoms with Gasteiger partial charge in [-0.3, -0.25) is 14.6 Å². The van der Waals surface area contributed by atoms with Crippen LogP contribution in [0.2, 0.25) is 5.02 Å². The van der Waals surface area contributed by atoms with E-state index in [2.05, 4.69) is 10.1 Å². The number of amides is 1. The van der Waals surface area contributed by atoms with Gasteiger partial charge in [-0.15, -0.1) is 11.3 Å². The van der Waals surface area contributed by atoms with Crippen molar-refractivity contribution in [1.29, 1.82) is 0 Å². The molecule has 1 aliphatic rings. The Morgan fingerprint density at radius 1 is 1.30 bits per heavy atom. The van der Waals surface area contributed by atoms with E-state index in [9.17, 15) is 19.5 Å². The molecule has 1 atom stereocenters. The van der Waals surface area contributed by atoms with Crippen LogP contribution in [0.5, 0.6) is 5.88 Å².